The summed E-state index contributed by atoms with van der Waals surface area (Å²) >= 11 is 0. The Morgan fingerprint density at radius 3 is 2.53 bits per heavy atom. The number of carbonyl (C=O) groups excluding carboxylic acids is 2. The third kappa shape index (κ3) is 5.10. The molecule has 4 rings (SSSR count). The fraction of sp³-hybridized carbons (Fsp3) is 0.222. The van der Waals surface area contributed by atoms with Gasteiger partial charge in [-0.15, -0.1) is 0 Å². The molecular formula is C27H25N3O6. The number of aliphatic hydroxyl groups is 1. The van der Waals surface area contributed by atoms with E-state index in [1.807, 2.05) is 13.8 Å². The van der Waals surface area contributed by atoms with Crippen molar-refractivity contribution in [1.29, 1.82) is 0 Å². The Bertz CT molecular complexity index is 1320. The number of amides is 1. The maximum absolute atomic E-state index is 13.2. The quantitative estimate of drug-likeness (QED) is 0.161. The molecule has 0 saturated carbocycles. The van der Waals surface area contributed by atoms with Crippen LogP contribution in [0.2, 0.25) is 0 Å². The van der Waals surface area contributed by atoms with Crippen molar-refractivity contribution in [2.45, 2.75) is 26.4 Å². The van der Waals surface area contributed by atoms with Crippen molar-refractivity contribution in [2.24, 2.45) is 5.92 Å². The van der Waals surface area contributed by atoms with Gasteiger partial charge in [0.05, 0.1) is 23.1 Å². The van der Waals surface area contributed by atoms with Crippen LogP contribution in [0.25, 0.3) is 5.76 Å². The van der Waals surface area contributed by atoms with Crippen LogP contribution in [0.3, 0.4) is 0 Å². The molecule has 0 radical (unpaired) electrons. The maximum Gasteiger partial charge on any atom is 0.295 e. The number of ketones is 1. The molecule has 0 bridgehead atoms. The van der Waals surface area contributed by atoms with E-state index in [4.69, 9.17) is 4.74 Å². The summed E-state index contributed by atoms with van der Waals surface area (Å²) in [6, 6.07) is 14.7. The van der Waals surface area contributed by atoms with E-state index < -0.39 is 22.7 Å². The van der Waals surface area contributed by atoms with Gasteiger partial charge in [-0.25, -0.2) is 0 Å². The number of aliphatic hydroxyl groups excluding tert-OH is 1. The topological polar surface area (TPSA) is 123 Å². The Balaban J connectivity index is 1.79. The van der Waals surface area contributed by atoms with Crippen molar-refractivity contribution in [3.63, 3.8) is 0 Å². The van der Waals surface area contributed by atoms with E-state index >= 15 is 0 Å². The second kappa shape index (κ2) is 10.4. The van der Waals surface area contributed by atoms with Gasteiger partial charge in [-0.2, -0.15) is 0 Å². The lowest BCUT2D eigenvalue weighted by atomic mass is 9.95. The first-order chi connectivity index (χ1) is 17.3. The number of benzene rings is 2. The summed E-state index contributed by atoms with van der Waals surface area (Å²) in [5.74, 6) is -1.10. The Labute approximate surface area is 207 Å². The number of aromatic nitrogens is 1. The molecular weight excluding hydrogens is 462 g/mol. The van der Waals surface area contributed by atoms with Crippen molar-refractivity contribution in [2.75, 3.05) is 6.61 Å². The molecule has 9 heteroatoms. The standard InChI is InChI=1S/C27H25N3O6/c1-17(2)16-36-22-10-8-19(9-11-22)25(31)23-24(20-6-3-7-21(13-20)30(34)35)29(27(33)26(23)32)15-18-5-4-12-28-14-18/h3-14,17,24,31H,15-16H2,1-2H3/b25-23+/t24-/m0/s1. The van der Waals surface area contributed by atoms with E-state index in [1.54, 1.807) is 54.9 Å². The van der Waals surface area contributed by atoms with Crippen molar-refractivity contribution in [3.8, 4) is 5.75 Å². The van der Waals surface area contributed by atoms with Crippen LogP contribution >= 0.6 is 0 Å². The highest BCUT2D eigenvalue weighted by Gasteiger charge is 2.46. The van der Waals surface area contributed by atoms with Crippen molar-refractivity contribution < 1.29 is 24.4 Å². The van der Waals surface area contributed by atoms with Crippen LogP contribution in [0, 0.1) is 16.0 Å². The van der Waals surface area contributed by atoms with Crippen LogP contribution in [-0.4, -0.2) is 38.2 Å². The number of non-ortho nitro benzene ring substituents is 1. The Kier molecular flexibility index (Phi) is 7.10. The average Bonchev–Trinajstić information content (AvgIpc) is 3.13. The van der Waals surface area contributed by atoms with Gasteiger partial charge in [-0.05, 0) is 47.4 Å². The number of carbonyl (C=O) groups is 2. The third-order valence-corrected chi connectivity index (χ3v) is 5.72. The highest BCUT2D eigenvalue weighted by Crippen LogP contribution is 2.41. The predicted octanol–water partition coefficient (Wildman–Crippen LogP) is 4.65. The summed E-state index contributed by atoms with van der Waals surface area (Å²) in [6.45, 7) is 4.61. The summed E-state index contributed by atoms with van der Waals surface area (Å²) in [4.78, 5) is 42.5. The lowest BCUT2D eigenvalue weighted by molar-refractivity contribution is -0.384. The second-order valence-corrected chi connectivity index (χ2v) is 8.87. The number of nitro groups is 1. The number of nitrogens with zero attached hydrogens (tertiary/aromatic N) is 3. The summed E-state index contributed by atoms with van der Waals surface area (Å²) in [5, 5.41) is 22.6. The molecule has 2 heterocycles. The number of nitro benzene ring substituents is 1. The first-order valence-electron chi connectivity index (χ1n) is 11.4. The number of rotatable bonds is 8. The van der Waals surface area contributed by atoms with Crippen LogP contribution in [0.1, 0.15) is 36.6 Å². The van der Waals surface area contributed by atoms with Crippen molar-refractivity contribution in [1.82, 2.24) is 9.88 Å². The maximum atomic E-state index is 13.2. The van der Waals surface area contributed by atoms with E-state index in [-0.39, 0.29) is 23.6 Å². The van der Waals surface area contributed by atoms with Gasteiger partial charge in [0.25, 0.3) is 17.4 Å². The van der Waals surface area contributed by atoms with E-state index in [1.165, 1.54) is 23.1 Å². The lowest BCUT2D eigenvalue weighted by Crippen LogP contribution is -2.29. The van der Waals surface area contributed by atoms with E-state index in [2.05, 4.69) is 4.98 Å². The van der Waals surface area contributed by atoms with Gasteiger partial charge in [0.2, 0.25) is 0 Å². The van der Waals surface area contributed by atoms with E-state index in [0.717, 1.165) is 0 Å². The fourth-order valence-electron chi connectivity index (χ4n) is 4.01. The van der Waals surface area contributed by atoms with Gasteiger partial charge >= 0.3 is 0 Å². The zero-order chi connectivity index (χ0) is 25.8. The molecule has 1 aliphatic heterocycles. The minimum atomic E-state index is -1.03. The summed E-state index contributed by atoms with van der Waals surface area (Å²) in [6.07, 6.45) is 3.16. The average molecular weight is 488 g/mol. The molecule has 0 aliphatic carbocycles. The summed E-state index contributed by atoms with van der Waals surface area (Å²) in [7, 11) is 0. The van der Waals surface area contributed by atoms with Crippen LogP contribution in [-0.2, 0) is 16.1 Å². The van der Waals surface area contributed by atoms with Gasteiger partial charge < -0.3 is 14.7 Å². The molecule has 36 heavy (non-hydrogen) atoms. The number of hydrogen-bond acceptors (Lipinski definition) is 7. The molecule has 1 atom stereocenters. The zero-order valence-corrected chi connectivity index (χ0v) is 19.8. The minimum Gasteiger partial charge on any atom is -0.507 e. The molecule has 1 saturated heterocycles. The minimum absolute atomic E-state index is 0.0323. The second-order valence-electron chi connectivity index (χ2n) is 8.87. The van der Waals surface area contributed by atoms with E-state index in [9.17, 15) is 24.8 Å². The van der Waals surface area contributed by atoms with Crippen LogP contribution in [0.4, 0.5) is 5.69 Å². The van der Waals surface area contributed by atoms with Gasteiger partial charge in [0.15, 0.2) is 0 Å². The predicted molar refractivity (Wildman–Crippen MR) is 132 cm³/mol. The molecule has 1 aliphatic rings. The fourth-order valence-corrected chi connectivity index (χ4v) is 4.01. The molecule has 184 valence electrons. The normalized spacial score (nSPS) is 17.0. The number of likely N-dealkylation sites (tertiary alicyclic amines) is 1. The molecule has 1 aromatic heterocycles. The van der Waals surface area contributed by atoms with Gasteiger partial charge in [0, 0.05) is 36.6 Å². The molecule has 1 N–H and O–H groups in total. The lowest BCUT2D eigenvalue weighted by Gasteiger charge is -2.25. The van der Waals surface area contributed by atoms with Gasteiger partial charge in [-0.3, -0.25) is 24.7 Å². The van der Waals surface area contributed by atoms with Crippen LogP contribution in [0.5, 0.6) is 5.75 Å². The van der Waals surface area contributed by atoms with E-state index in [0.29, 0.717) is 35.0 Å². The summed E-state index contributed by atoms with van der Waals surface area (Å²) < 4.78 is 5.68. The number of Topliss-reactive ketones (excluding diaryl/α,β-unsaturated/α-hetero) is 1. The molecule has 0 spiro atoms. The number of ether oxygens (including phenoxy) is 1. The zero-order valence-electron chi connectivity index (χ0n) is 19.8. The van der Waals surface area contributed by atoms with Gasteiger partial charge in [-0.1, -0.05) is 32.0 Å². The van der Waals surface area contributed by atoms with Crippen molar-refractivity contribution in [3.05, 3.63) is 105 Å². The van der Waals surface area contributed by atoms with Crippen molar-refractivity contribution >= 4 is 23.1 Å². The molecule has 2 aromatic carbocycles. The number of pyridine rings is 1. The van der Waals surface area contributed by atoms with Crippen LogP contribution in [0.15, 0.2) is 78.6 Å². The smallest absolute Gasteiger partial charge is 0.295 e. The first-order valence-corrected chi connectivity index (χ1v) is 11.4. The molecule has 3 aromatic rings. The molecule has 1 amide bonds. The molecule has 0 unspecified atom stereocenters. The Morgan fingerprint density at radius 1 is 1.14 bits per heavy atom. The third-order valence-electron chi connectivity index (χ3n) is 5.72. The van der Waals surface area contributed by atoms with Crippen LogP contribution < -0.4 is 4.74 Å². The van der Waals surface area contributed by atoms with Gasteiger partial charge in [0.1, 0.15) is 11.5 Å². The molecule has 9 nitrogen and oxygen atoms in total. The summed E-state index contributed by atoms with van der Waals surface area (Å²) in [5.41, 5.74) is 1.00. The largest absolute Gasteiger partial charge is 0.507 e. The first kappa shape index (κ1) is 24.6. The highest BCUT2D eigenvalue weighted by molar-refractivity contribution is 6.46. The SMILES string of the molecule is CC(C)COc1ccc(/C(O)=C2\C(=O)C(=O)N(Cc3cccnc3)[C@H]2c2cccc([N+](=O)[O-])c2)cc1. The highest BCUT2D eigenvalue weighted by atomic mass is 16.6. The Morgan fingerprint density at radius 2 is 1.89 bits per heavy atom. The molecule has 1 fully saturated rings. The Hall–Kier alpha value is -4.53. The monoisotopic (exact) mass is 487 g/mol. The number of hydrogen-bond donors (Lipinski definition) is 1.